The van der Waals surface area contributed by atoms with Crippen LogP contribution in [0.4, 0.5) is 15.8 Å². The zero-order chi connectivity index (χ0) is 19.9. The van der Waals surface area contributed by atoms with Crippen LogP contribution < -0.4 is 10.5 Å². The molecule has 9 heteroatoms. The Morgan fingerprint density at radius 1 is 0.964 bits per heavy atom. The van der Waals surface area contributed by atoms with Gasteiger partial charge in [-0.05, 0) is 73.2 Å². The molecule has 3 N–H and O–H groups in total. The molecule has 0 radical (unpaired) electrons. The van der Waals surface area contributed by atoms with E-state index in [-0.39, 0.29) is 10.6 Å². The lowest BCUT2D eigenvalue weighted by molar-refractivity contribution is 0.601. The van der Waals surface area contributed by atoms with Crippen molar-refractivity contribution in [1.29, 1.82) is 0 Å². The molecule has 0 aliphatic rings. The van der Waals surface area contributed by atoms with Crippen molar-refractivity contribution in [2.24, 2.45) is 0 Å². The SMILES string of the molecule is Cc1cc2nn(-c3ccc(S(=O)(=O)Nc4ccc(F)cc4)cc3)nc2cc1N. The number of rotatable bonds is 4. The van der Waals surface area contributed by atoms with E-state index in [0.717, 1.165) is 5.56 Å². The molecule has 4 rings (SSSR count). The summed E-state index contributed by atoms with van der Waals surface area (Å²) in [5, 5.41) is 8.78. The van der Waals surface area contributed by atoms with Crippen LogP contribution in [0.15, 0.2) is 65.6 Å². The predicted molar refractivity (Wildman–Crippen MR) is 105 cm³/mol. The second-order valence-electron chi connectivity index (χ2n) is 6.29. The summed E-state index contributed by atoms with van der Waals surface area (Å²) in [5.74, 6) is -0.441. The summed E-state index contributed by atoms with van der Waals surface area (Å²) < 4.78 is 40.4. The minimum atomic E-state index is -3.80. The van der Waals surface area contributed by atoms with E-state index in [1.54, 1.807) is 18.2 Å². The van der Waals surface area contributed by atoms with E-state index in [1.165, 1.54) is 41.2 Å². The number of anilines is 2. The lowest BCUT2D eigenvalue weighted by atomic mass is 10.2. The average Bonchev–Trinajstić information content (AvgIpc) is 3.07. The summed E-state index contributed by atoms with van der Waals surface area (Å²) in [6, 6.07) is 14.8. The number of aryl methyl sites for hydroxylation is 1. The molecular weight excluding hydrogens is 381 g/mol. The highest BCUT2D eigenvalue weighted by atomic mass is 32.2. The topological polar surface area (TPSA) is 103 Å². The molecule has 0 spiro atoms. The van der Waals surface area contributed by atoms with Crippen LogP contribution in [0.25, 0.3) is 16.7 Å². The highest BCUT2D eigenvalue weighted by molar-refractivity contribution is 7.92. The molecule has 28 heavy (non-hydrogen) atoms. The van der Waals surface area contributed by atoms with Crippen LogP contribution in [0.5, 0.6) is 0 Å². The van der Waals surface area contributed by atoms with Gasteiger partial charge in [-0.2, -0.15) is 4.80 Å². The molecule has 0 aliphatic carbocycles. The van der Waals surface area contributed by atoms with E-state index in [0.29, 0.717) is 22.4 Å². The highest BCUT2D eigenvalue weighted by Crippen LogP contribution is 2.21. The first-order chi connectivity index (χ1) is 13.3. The molecule has 0 fully saturated rings. The summed E-state index contributed by atoms with van der Waals surface area (Å²) in [4.78, 5) is 1.49. The molecular formula is C19H16FN5O2S. The van der Waals surface area contributed by atoms with Crippen molar-refractivity contribution in [1.82, 2.24) is 15.0 Å². The van der Waals surface area contributed by atoms with Crippen molar-refractivity contribution < 1.29 is 12.8 Å². The Morgan fingerprint density at radius 2 is 1.57 bits per heavy atom. The number of hydrogen-bond acceptors (Lipinski definition) is 5. The molecule has 0 saturated heterocycles. The summed E-state index contributed by atoms with van der Waals surface area (Å²) in [5.41, 5.74) is 9.67. The van der Waals surface area contributed by atoms with Gasteiger partial charge >= 0.3 is 0 Å². The third kappa shape index (κ3) is 3.39. The lowest BCUT2D eigenvalue weighted by Crippen LogP contribution is -2.13. The van der Waals surface area contributed by atoms with E-state index in [1.807, 2.05) is 13.0 Å². The number of benzene rings is 3. The van der Waals surface area contributed by atoms with Gasteiger partial charge in [0.25, 0.3) is 10.0 Å². The molecule has 0 aliphatic heterocycles. The van der Waals surface area contributed by atoms with Gasteiger partial charge in [0.05, 0.1) is 10.6 Å². The number of sulfonamides is 1. The van der Waals surface area contributed by atoms with E-state index in [9.17, 15) is 12.8 Å². The van der Waals surface area contributed by atoms with Crippen LogP contribution in [0.2, 0.25) is 0 Å². The predicted octanol–water partition coefficient (Wildman–Crippen LogP) is 3.25. The molecule has 7 nitrogen and oxygen atoms in total. The number of nitrogens with two attached hydrogens (primary N) is 1. The third-order valence-electron chi connectivity index (χ3n) is 4.24. The van der Waals surface area contributed by atoms with Gasteiger partial charge in [0.1, 0.15) is 16.9 Å². The van der Waals surface area contributed by atoms with Gasteiger partial charge in [0.15, 0.2) is 0 Å². The quantitative estimate of drug-likeness (QED) is 0.515. The number of halogens is 1. The first kappa shape index (κ1) is 17.9. The monoisotopic (exact) mass is 397 g/mol. The smallest absolute Gasteiger partial charge is 0.261 e. The largest absolute Gasteiger partial charge is 0.398 e. The summed E-state index contributed by atoms with van der Waals surface area (Å²) >= 11 is 0. The number of aromatic nitrogens is 3. The number of nitrogens with zero attached hydrogens (tertiary/aromatic N) is 3. The van der Waals surface area contributed by atoms with E-state index in [2.05, 4.69) is 14.9 Å². The van der Waals surface area contributed by atoms with Crippen LogP contribution in [-0.4, -0.2) is 23.4 Å². The van der Waals surface area contributed by atoms with E-state index < -0.39 is 15.8 Å². The zero-order valence-electron chi connectivity index (χ0n) is 14.8. The Morgan fingerprint density at radius 3 is 2.21 bits per heavy atom. The van der Waals surface area contributed by atoms with Gasteiger partial charge in [-0.15, -0.1) is 10.2 Å². The standard InChI is InChI=1S/C19H16FN5O2S/c1-12-10-18-19(11-17(12)21)23-25(22-18)15-6-8-16(9-7-15)28(26,27)24-14-4-2-13(20)3-5-14/h2-11,24H,21H2,1H3. The van der Waals surface area contributed by atoms with Gasteiger partial charge in [0, 0.05) is 11.4 Å². The summed E-state index contributed by atoms with van der Waals surface area (Å²) in [7, 11) is -3.80. The number of hydrogen-bond donors (Lipinski definition) is 2. The van der Waals surface area contributed by atoms with Crippen molar-refractivity contribution in [3.63, 3.8) is 0 Å². The molecule has 0 unspecified atom stereocenters. The molecule has 0 bridgehead atoms. The van der Waals surface area contributed by atoms with E-state index in [4.69, 9.17) is 5.73 Å². The lowest BCUT2D eigenvalue weighted by Gasteiger charge is -2.08. The highest BCUT2D eigenvalue weighted by Gasteiger charge is 2.15. The molecule has 0 saturated carbocycles. The van der Waals surface area contributed by atoms with Crippen LogP contribution in [0.3, 0.4) is 0 Å². The maximum atomic E-state index is 13.0. The second kappa shape index (κ2) is 6.61. The van der Waals surface area contributed by atoms with Crippen molar-refractivity contribution in [3.05, 3.63) is 72.0 Å². The van der Waals surface area contributed by atoms with Crippen molar-refractivity contribution in [3.8, 4) is 5.69 Å². The zero-order valence-corrected chi connectivity index (χ0v) is 15.6. The maximum Gasteiger partial charge on any atom is 0.261 e. The van der Waals surface area contributed by atoms with Crippen molar-refractivity contribution in [2.75, 3.05) is 10.5 Å². The molecule has 1 aromatic heterocycles. The summed E-state index contributed by atoms with van der Waals surface area (Å²) in [6.07, 6.45) is 0. The Balaban J connectivity index is 1.62. The minimum absolute atomic E-state index is 0.0670. The normalized spacial score (nSPS) is 11.6. The molecule has 4 aromatic rings. The summed E-state index contributed by atoms with van der Waals surface area (Å²) in [6.45, 7) is 1.89. The van der Waals surface area contributed by atoms with Gasteiger partial charge in [0.2, 0.25) is 0 Å². The fraction of sp³-hybridized carbons (Fsp3) is 0.0526. The van der Waals surface area contributed by atoms with Crippen LogP contribution in [-0.2, 0) is 10.0 Å². The minimum Gasteiger partial charge on any atom is -0.398 e. The van der Waals surface area contributed by atoms with Crippen molar-refractivity contribution >= 4 is 32.4 Å². The van der Waals surface area contributed by atoms with Gasteiger partial charge in [-0.3, -0.25) is 4.72 Å². The average molecular weight is 397 g/mol. The molecule has 3 aromatic carbocycles. The van der Waals surface area contributed by atoms with Gasteiger partial charge in [-0.25, -0.2) is 12.8 Å². The third-order valence-corrected chi connectivity index (χ3v) is 5.64. The fourth-order valence-electron chi connectivity index (χ4n) is 2.69. The van der Waals surface area contributed by atoms with Crippen LogP contribution >= 0.6 is 0 Å². The first-order valence-electron chi connectivity index (χ1n) is 8.34. The van der Waals surface area contributed by atoms with E-state index >= 15 is 0 Å². The van der Waals surface area contributed by atoms with Gasteiger partial charge in [-0.1, -0.05) is 0 Å². The van der Waals surface area contributed by atoms with Crippen LogP contribution in [0.1, 0.15) is 5.56 Å². The van der Waals surface area contributed by atoms with Gasteiger partial charge < -0.3 is 5.73 Å². The Bertz CT molecular complexity index is 1230. The Kier molecular flexibility index (Phi) is 4.23. The van der Waals surface area contributed by atoms with Crippen molar-refractivity contribution in [2.45, 2.75) is 11.8 Å². The molecule has 1 heterocycles. The second-order valence-corrected chi connectivity index (χ2v) is 7.98. The first-order valence-corrected chi connectivity index (χ1v) is 9.82. The molecule has 142 valence electrons. The number of nitrogen functional groups attached to an aromatic ring is 1. The Hall–Kier alpha value is -3.46. The fourth-order valence-corrected chi connectivity index (χ4v) is 3.75. The number of fused-ring (bicyclic) bond motifs is 1. The number of nitrogens with one attached hydrogen (secondary N) is 1. The molecule has 0 atom stereocenters. The maximum absolute atomic E-state index is 13.0. The Labute approximate surface area is 160 Å². The molecule has 0 amide bonds. The van der Waals surface area contributed by atoms with Crippen LogP contribution in [0, 0.1) is 12.7 Å².